The number of hydrogen-bond acceptors (Lipinski definition) is 8. The number of ether oxygens (including phenoxy) is 1. The molecule has 17 heteroatoms. The molecule has 10 nitrogen and oxygen atoms in total. The topological polar surface area (TPSA) is 93.7 Å². The summed E-state index contributed by atoms with van der Waals surface area (Å²) in [6, 6.07) is 0.801. The molecule has 6 rings (SSSR count). The number of nitrogens with zero attached hydrogens (tertiary/aromatic N) is 7. The number of nitrogens with one attached hydrogen (secondary N) is 1. The van der Waals surface area contributed by atoms with Gasteiger partial charge in [0.25, 0.3) is 5.92 Å². The van der Waals surface area contributed by atoms with Crippen LogP contribution >= 0.6 is 13.5 Å². The minimum absolute atomic E-state index is 0. The molecule has 2 fully saturated rings. The summed E-state index contributed by atoms with van der Waals surface area (Å²) in [6.45, 7) is 1.91. The molecule has 1 amide bonds. The van der Waals surface area contributed by atoms with Crippen molar-refractivity contribution in [2.45, 2.75) is 44.5 Å². The van der Waals surface area contributed by atoms with Crippen LogP contribution in [0, 0.1) is 6.92 Å². The van der Waals surface area contributed by atoms with Gasteiger partial charge in [-0.15, -0.1) is 0 Å². The summed E-state index contributed by atoms with van der Waals surface area (Å²) in [7, 11) is 1.59. The molecule has 0 unspecified atom stereocenters. The van der Waals surface area contributed by atoms with Gasteiger partial charge in [0, 0.05) is 62.2 Å². The zero-order valence-electron chi connectivity index (χ0n) is 25.9. The molecule has 5 heterocycles. The zero-order chi connectivity index (χ0) is 32.8. The first-order chi connectivity index (χ1) is 21.8. The molecular weight excluding hydrogens is 650 g/mol. The molecule has 0 spiro atoms. The first-order valence-corrected chi connectivity index (χ1v) is 15.0. The normalized spacial score (nSPS) is 20.2. The predicted molar refractivity (Wildman–Crippen MR) is 168 cm³/mol. The molecule has 2 aromatic heterocycles. The Morgan fingerprint density at radius 3 is 2.55 bits per heavy atom. The lowest BCUT2D eigenvalue weighted by molar-refractivity contribution is -0.137. The smallest absolute Gasteiger partial charge is 0.418 e. The second-order valence-corrected chi connectivity index (χ2v) is 12.0. The summed E-state index contributed by atoms with van der Waals surface area (Å²) >= 11 is 0. The van der Waals surface area contributed by atoms with E-state index in [0.29, 0.717) is 55.0 Å². The fraction of sp³-hybridized carbons (Fsp3) is 0.533. The van der Waals surface area contributed by atoms with Crippen molar-refractivity contribution in [1.29, 1.82) is 0 Å². The number of rotatable bonds is 7. The minimum Gasteiger partial charge on any atom is -0.462 e. The number of likely N-dealkylation sites (N-methyl/N-ethyl adjacent to an activating group) is 1. The van der Waals surface area contributed by atoms with Crippen LogP contribution in [0.15, 0.2) is 24.4 Å². The molecule has 1 atom stereocenters. The van der Waals surface area contributed by atoms with Gasteiger partial charge in [0.05, 0.1) is 41.7 Å². The van der Waals surface area contributed by atoms with E-state index in [4.69, 9.17) is 4.74 Å². The minimum atomic E-state index is -4.62. The van der Waals surface area contributed by atoms with Crippen molar-refractivity contribution in [3.05, 3.63) is 46.8 Å². The Morgan fingerprint density at radius 1 is 1.15 bits per heavy atom. The van der Waals surface area contributed by atoms with Crippen molar-refractivity contribution < 1.29 is 35.9 Å². The van der Waals surface area contributed by atoms with E-state index in [0.717, 1.165) is 11.6 Å². The highest BCUT2D eigenvalue weighted by Gasteiger charge is 2.44. The third-order valence-electron chi connectivity index (χ3n) is 8.82. The average molecular weight is 687 g/mol. The third kappa shape index (κ3) is 7.10. The Bertz CT molecular complexity index is 1640. The largest absolute Gasteiger partial charge is 0.462 e. The van der Waals surface area contributed by atoms with Crippen LogP contribution in [0.2, 0.25) is 0 Å². The van der Waals surface area contributed by atoms with Crippen LogP contribution in [-0.2, 0) is 23.9 Å². The molecule has 3 aliphatic rings. The van der Waals surface area contributed by atoms with Gasteiger partial charge < -0.3 is 19.4 Å². The van der Waals surface area contributed by atoms with Crippen molar-refractivity contribution in [2.24, 2.45) is 0 Å². The summed E-state index contributed by atoms with van der Waals surface area (Å²) in [6.07, 6.45) is -0.946. The van der Waals surface area contributed by atoms with Crippen molar-refractivity contribution in [3.8, 4) is 6.01 Å². The quantitative estimate of drug-likeness (QED) is 0.292. The van der Waals surface area contributed by atoms with Crippen LogP contribution in [0.4, 0.5) is 37.8 Å². The van der Waals surface area contributed by atoms with E-state index in [1.807, 2.05) is 4.90 Å². The van der Waals surface area contributed by atoms with Crippen molar-refractivity contribution >= 4 is 41.8 Å². The summed E-state index contributed by atoms with van der Waals surface area (Å²) in [4.78, 5) is 28.4. The molecule has 0 radical (unpaired) electrons. The van der Waals surface area contributed by atoms with E-state index in [2.05, 4.69) is 20.2 Å². The van der Waals surface area contributed by atoms with Gasteiger partial charge in [0.1, 0.15) is 19.1 Å². The Morgan fingerprint density at radius 2 is 1.89 bits per heavy atom. The molecule has 256 valence electrons. The number of piperazine rings is 1. The number of halogens is 6. The molecule has 47 heavy (non-hydrogen) atoms. The maximum Gasteiger partial charge on any atom is 0.418 e. The number of aryl methyl sites for hydroxylation is 1. The highest BCUT2D eigenvalue weighted by Crippen LogP contribution is 2.44. The van der Waals surface area contributed by atoms with Gasteiger partial charge in [-0.2, -0.15) is 41.7 Å². The fourth-order valence-corrected chi connectivity index (χ4v) is 6.60. The number of hydrogen-bond donors (Lipinski definition) is 1. The lowest BCUT2D eigenvalue weighted by Crippen LogP contribution is -2.49. The molecule has 1 aromatic carbocycles. The number of benzene rings is 1. The van der Waals surface area contributed by atoms with Crippen LogP contribution < -0.4 is 14.5 Å². The summed E-state index contributed by atoms with van der Waals surface area (Å²) in [5, 5.41) is 7.09. The molecule has 0 saturated carbocycles. The molecular formula is C30H36F6N8O2S. The Hall–Kier alpha value is -3.73. The van der Waals surface area contributed by atoms with Crippen molar-refractivity contribution in [2.75, 3.05) is 69.4 Å². The SMILES string of the molecule is Cc1cc2[nH]ncc2c(N2CCc3c(nc(OC[C@@H]4CC(F)(F)CN4C)nc3N3CCN(C(=O)/C=C/CF)CC3)C2)c1C(F)(F)F.S. The van der Waals surface area contributed by atoms with Crippen LogP contribution in [0.5, 0.6) is 6.01 Å². The number of carbonyl (C=O) groups is 1. The molecule has 3 aromatic rings. The lowest BCUT2D eigenvalue weighted by Gasteiger charge is -2.38. The second-order valence-electron chi connectivity index (χ2n) is 12.0. The first kappa shape index (κ1) is 34.6. The maximum absolute atomic E-state index is 14.4. The molecule has 0 bridgehead atoms. The Kier molecular flexibility index (Phi) is 9.87. The number of alkyl halides is 6. The van der Waals surface area contributed by atoms with Gasteiger partial charge in [-0.05, 0) is 38.1 Å². The monoisotopic (exact) mass is 686 g/mol. The number of H-pyrrole nitrogens is 1. The maximum atomic E-state index is 14.4. The predicted octanol–water partition coefficient (Wildman–Crippen LogP) is 4.25. The van der Waals surface area contributed by atoms with Crippen LogP contribution in [0.1, 0.15) is 28.8 Å². The van der Waals surface area contributed by atoms with E-state index < -0.39 is 36.9 Å². The number of amides is 1. The van der Waals surface area contributed by atoms with E-state index in [1.54, 1.807) is 16.8 Å². The van der Waals surface area contributed by atoms with Gasteiger partial charge in [-0.25, -0.2) is 13.2 Å². The number of allylic oxidation sites excluding steroid dienone is 1. The summed E-state index contributed by atoms with van der Waals surface area (Å²) in [5.41, 5.74) is 1.01. The molecule has 1 N–H and O–H groups in total. The van der Waals surface area contributed by atoms with Crippen LogP contribution in [-0.4, -0.2) is 107 Å². The lowest BCUT2D eigenvalue weighted by atomic mass is 9.98. The highest BCUT2D eigenvalue weighted by molar-refractivity contribution is 7.59. The number of likely N-dealkylation sites (tertiary alicyclic amines) is 1. The van der Waals surface area contributed by atoms with E-state index in [-0.39, 0.29) is 62.8 Å². The first-order valence-electron chi connectivity index (χ1n) is 15.0. The van der Waals surface area contributed by atoms with Crippen molar-refractivity contribution in [1.82, 2.24) is 30.0 Å². The highest BCUT2D eigenvalue weighted by atomic mass is 32.1. The van der Waals surface area contributed by atoms with E-state index in [1.165, 1.54) is 30.2 Å². The number of fused-ring (bicyclic) bond motifs is 2. The number of aromatic amines is 1. The number of carbonyl (C=O) groups excluding carboxylic acids is 1. The number of anilines is 2. The van der Waals surface area contributed by atoms with E-state index in [9.17, 15) is 31.1 Å². The Balaban J connectivity index is 0.00000433. The zero-order valence-corrected chi connectivity index (χ0v) is 26.9. The summed E-state index contributed by atoms with van der Waals surface area (Å²) in [5.74, 6) is -2.61. The van der Waals surface area contributed by atoms with Crippen molar-refractivity contribution in [3.63, 3.8) is 0 Å². The number of aromatic nitrogens is 4. The van der Waals surface area contributed by atoms with E-state index >= 15 is 0 Å². The average Bonchev–Trinajstić information content (AvgIpc) is 3.58. The fourth-order valence-electron chi connectivity index (χ4n) is 6.60. The van der Waals surface area contributed by atoms with Gasteiger partial charge in [-0.3, -0.25) is 14.8 Å². The summed E-state index contributed by atoms with van der Waals surface area (Å²) < 4.78 is 89.8. The van der Waals surface area contributed by atoms with Crippen LogP contribution in [0.25, 0.3) is 10.9 Å². The van der Waals surface area contributed by atoms with Gasteiger partial charge in [0.15, 0.2) is 0 Å². The standard InChI is InChI=1S/C30H34F6N8O2.H2S/c1-18-12-22-21(14-37-40-22)26(25(18)30(34,35)36)44-7-5-20-23(15-44)38-28(46-16-19-13-29(32,33)17-41(19)2)39-27(20)43-10-8-42(9-11-43)24(45)4-3-6-31;/h3-4,12,14,19H,5-11,13,15-17H2,1-2H3,(H,37,40);1H2/b4-3+;/t19-;/m0./s1. The van der Waals surface area contributed by atoms with Gasteiger partial charge in [-0.1, -0.05) is 0 Å². The third-order valence-corrected chi connectivity index (χ3v) is 8.82. The van der Waals surface area contributed by atoms with Gasteiger partial charge in [0.2, 0.25) is 5.91 Å². The Labute approximate surface area is 274 Å². The molecule has 2 saturated heterocycles. The van der Waals surface area contributed by atoms with Crippen LogP contribution in [0.3, 0.4) is 0 Å². The second kappa shape index (κ2) is 13.4. The molecule has 0 aliphatic carbocycles. The van der Waals surface area contributed by atoms with Gasteiger partial charge >= 0.3 is 12.2 Å². The molecule has 3 aliphatic heterocycles.